The first-order valence-electron chi connectivity index (χ1n) is 5.29. The van der Waals surface area contributed by atoms with Crippen molar-refractivity contribution in [1.29, 1.82) is 0 Å². The zero-order valence-electron chi connectivity index (χ0n) is 9.58. The zero-order chi connectivity index (χ0) is 12.6. The Morgan fingerprint density at radius 2 is 2.24 bits per heavy atom. The first-order valence-corrected chi connectivity index (χ1v) is 5.67. The van der Waals surface area contributed by atoms with Crippen LogP contribution in [0.1, 0.15) is 18.9 Å². The van der Waals surface area contributed by atoms with Crippen LogP contribution < -0.4 is 0 Å². The lowest BCUT2D eigenvalue weighted by atomic mass is 10.2. The summed E-state index contributed by atoms with van der Waals surface area (Å²) in [6, 6.07) is 4.57. The average Bonchev–Trinajstić information content (AvgIpc) is 2.63. The zero-order valence-corrected chi connectivity index (χ0v) is 10.3. The Bertz CT molecular complexity index is 553. The molecule has 1 aromatic heterocycles. The molecule has 0 spiro atoms. The van der Waals surface area contributed by atoms with Gasteiger partial charge in [0.2, 0.25) is 0 Å². The number of aromatic nitrogens is 1. The van der Waals surface area contributed by atoms with E-state index in [2.05, 4.69) is 0 Å². The maximum absolute atomic E-state index is 13.3. The number of halogens is 2. The molecule has 1 heterocycles. The van der Waals surface area contributed by atoms with Crippen molar-refractivity contribution in [2.75, 3.05) is 6.61 Å². The summed E-state index contributed by atoms with van der Waals surface area (Å²) in [7, 11) is 1.77. The van der Waals surface area contributed by atoms with E-state index in [0.29, 0.717) is 17.7 Å². The van der Waals surface area contributed by atoms with Gasteiger partial charge in [0.1, 0.15) is 5.82 Å². The second kappa shape index (κ2) is 4.64. The molecule has 0 saturated carbocycles. The van der Waals surface area contributed by atoms with Crippen LogP contribution in [0.2, 0.25) is 5.02 Å². The fraction of sp³-hybridized carbons (Fsp3) is 0.333. The van der Waals surface area contributed by atoms with E-state index in [0.717, 1.165) is 5.52 Å². The molecule has 0 aliphatic carbocycles. The van der Waals surface area contributed by atoms with E-state index in [1.54, 1.807) is 30.7 Å². The van der Waals surface area contributed by atoms with Crippen LogP contribution in [0, 0.1) is 5.82 Å². The van der Waals surface area contributed by atoms with Crippen molar-refractivity contribution in [3.8, 4) is 0 Å². The molecule has 2 aromatic rings. The highest BCUT2D eigenvalue weighted by Crippen LogP contribution is 2.31. The highest BCUT2D eigenvalue weighted by atomic mass is 35.5. The van der Waals surface area contributed by atoms with Crippen LogP contribution in [0.25, 0.3) is 10.9 Å². The Morgan fingerprint density at radius 3 is 2.88 bits per heavy atom. The summed E-state index contributed by atoms with van der Waals surface area (Å²) in [4.78, 5) is 0. The molecule has 0 radical (unpaired) electrons. The summed E-state index contributed by atoms with van der Waals surface area (Å²) in [6.07, 6.45) is -1.03. The molecule has 1 atom stereocenters. The van der Waals surface area contributed by atoms with Gasteiger partial charge in [0.15, 0.2) is 6.29 Å². The normalized spacial score (nSPS) is 13.2. The Morgan fingerprint density at radius 1 is 1.53 bits per heavy atom. The fourth-order valence-corrected chi connectivity index (χ4v) is 2.06. The molecule has 1 unspecified atom stereocenters. The second-order valence-corrected chi connectivity index (χ2v) is 4.11. The molecule has 92 valence electrons. The molecular formula is C12H13ClFNO2. The predicted molar refractivity (Wildman–Crippen MR) is 64.5 cm³/mol. The SMILES string of the molecule is CCOC(O)c1cc2c(Cl)c(F)ccc2n1C. The van der Waals surface area contributed by atoms with Crippen molar-refractivity contribution in [3.05, 3.63) is 34.7 Å². The van der Waals surface area contributed by atoms with Crippen molar-refractivity contribution in [1.82, 2.24) is 4.57 Å². The summed E-state index contributed by atoms with van der Waals surface area (Å²) in [5.74, 6) is -0.470. The molecule has 2 rings (SSSR count). The third-order valence-electron chi connectivity index (χ3n) is 2.73. The summed E-state index contributed by atoms with van der Waals surface area (Å²) in [5, 5.41) is 10.4. The Hall–Kier alpha value is -1.10. The van der Waals surface area contributed by atoms with E-state index in [4.69, 9.17) is 16.3 Å². The van der Waals surface area contributed by atoms with E-state index < -0.39 is 12.1 Å². The number of rotatable bonds is 3. The molecule has 1 aromatic carbocycles. The van der Waals surface area contributed by atoms with Crippen LogP contribution in [0.3, 0.4) is 0 Å². The predicted octanol–water partition coefficient (Wildman–Crippen LogP) is 3.00. The van der Waals surface area contributed by atoms with E-state index in [1.165, 1.54) is 6.07 Å². The van der Waals surface area contributed by atoms with Gasteiger partial charge in [0.25, 0.3) is 0 Å². The number of benzene rings is 1. The minimum absolute atomic E-state index is 0.0630. The van der Waals surface area contributed by atoms with Gasteiger partial charge in [-0.05, 0) is 25.1 Å². The topological polar surface area (TPSA) is 34.4 Å². The van der Waals surface area contributed by atoms with Gasteiger partial charge in [-0.1, -0.05) is 11.6 Å². The molecule has 0 saturated heterocycles. The molecule has 3 nitrogen and oxygen atoms in total. The van der Waals surface area contributed by atoms with Crippen LogP contribution in [0.5, 0.6) is 0 Å². The van der Waals surface area contributed by atoms with Gasteiger partial charge in [-0.15, -0.1) is 0 Å². The minimum atomic E-state index is -1.03. The first-order chi connectivity index (χ1) is 8.06. The lowest BCUT2D eigenvalue weighted by molar-refractivity contribution is -0.102. The van der Waals surface area contributed by atoms with Crippen LogP contribution in [0.4, 0.5) is 4.39 Å². The fourth-order valence-electron chi connectivity index (χ4n) is 1.85. The second-order valence-electron chi connectivity index (χ2n) is 3.73. The molecule has 0 aliphatic rings. The molecule has 0 aliphatic heterocycles. The smallest absolute Gasteiger partial charge is 0.196 e. The number of hydrogen-bond acceptors (Lipinski definition) is 2. The summed E-state index contributed by atoms with van der Waals surface area (Å²) in [6.45, 7) is 2.18. The Kier molecular flexibility index (Phi) is 3.38. The molecular weight excluding hydrogens is 245 g/mol. The molecule has 0 fully saturated rings. The van der Waals surface area contributed by atoms with Gasteiger partial charge in [-0.3, -0.25) is 0 Å². The Balaban J connectivity index is 2.60. The van der Waals surface area contributed by atoms with E-state index in [9.17, 15) is 9.50 Å². The number of aliphatic hydroxyl groups excluding tert-OH is 1. The standard InChI is InChI=1S/C12H13ClFNO2/c1-3-17-12(16)10-6-7-9(15(10)2)5-4-8(14)11(7)13/h4-6,12,16H,3H2,1-2H3. The van der Waals surface area contributed by atoms with Crippen molar-refractivity contribution < 1.29 is 14.2 Å². The number of hydrogen-bond donors (Lipinski definition) is 1. The third-order valence-corrected chi connectivity index (χ3v) is 3.11. The van der Waals surface area contributed by atoms with Crippen molar-refractivity contribution >= 4 is 22.5 Å². The van der Waals surface area contributed by atoms with Crippen molar-refractivity contribution in [2.45, 2.75) is 13.2 Å². The summed E-state index contributed by atoms with van der Waals surface area (Å²) in [5.41, 5.74) is 1.31. The number of fused-ring (bicyclic) bond motifs is 1. The van der Waals surface area contributed by atoms with Crippen LogP contribution in [-0.2, 0) is 11.8 Å². The largest absolute Gasteiger partial charge is 0.363 e. The molecule has 1 N–H and O–H groups in total. The maximum Gasteiger partial charge on any atom is 0.196 e. The minimum Gasteiger partial charge on any atom is -0.363 e. The van der Waals surface area contributed by atoms with Crippen LogP contribution >= 0.6 is 11.6 Å². The number of aryl methyl sites for hydroxylation is 1. The molecule has 5 heteroatoms. The van der Waals surface area contributed by atoms with E-state index in [-0.39, 0.29) is 5.02 Å². The highest BCUT2D eigenvalue weighted by molar-refractivity contribution is 6.35. The monoisotopic (exact) mass is 257 g/mol. The first kappa shape index (κ1) is 12.4. The lowest BCUT2D eigenvalue weighted by Gasteiger charge is -2.11. The van der Waals surface area contributed by atoms with Gasteiger partial charge in [0, 0.05) is 24.6 Å². The molecule has 0 bridgehead atoms. The summed E-state index contributed by atoms with van der Waals surface area (Å²) < 4.78 is 20.1. The van der Waals surface area contributed by atoms with Crippen LogP contribution in [0.15, 0.2) is 18.2 Å². The van der Waals surface area contributed by atoms with E-state index >= 15 is 0 Å². The van der Waals surface area contributed by atoms with Gasteiger partial charge >= 0.3 is 0 Å². The van der Waals surface area contributed by atoms with Gasteiger partial charge in [0.05, 0.1) is 10.7 Å². The highest BCUT2D eigenvalue weighted by Gasteiger charge is 2.17. The van der Waals surface area contributed by atoms with Crippen LogP contribution in [-0.4, -0.2) is 16.3 Å². The van der Waals surface area contributed by atoms with Crippen molar-refractivity contribution in [3.63, 3.8) is 0 Å². The van der Waals surface area contributed by atoms with Gasteiger partial charge in [-0.25, -0.2) is 4.39 Å². The number of aliphatic hydroxyl groups is 1. The van der Waals surface area contributed by atoms with Crippen molar-refractivity contribution in [2.24, 2.45) is 7.05 Å². The summed E-state index contributed by atoms with van der Waals surface area (Å²) >= 11 is 5.88. The van der Waals surface area contributed by atoms with E-state index in [1.807, 2.05) is 0 Å². The maximum atomic E-state index is 13.3. The number of ether oxygens (including phenoxy) is 1. The molecule has 0 amide bonds. The molecule has 17 heavy (non-hydrogen) atoms. The number of nitrogens with zero attached hydrogens (tertiary/aromatic N) is 1. The van der Waals surface area contributed by atoms with Gasteiger partial charge in [-0.2, -0.15) is 0 Å². The van der Waals surface area contributed by atoms with Gasteiger partial charge < -0.3 is 14.4 Å². The Labute approximate surface area is 103 Å². The lowest BCUT2D eigenvalue weighted by Crippen LogP contribution is -2.07. The third kappa shape index (κ3) is 2.04. The quantitative estimate of drug-likeness (QED) is 0.858. The average molecular weight is 258 g/mol.